The number of para-hydroxylation sites is 1. The molecule has 3 rings (SSSR count). The zero-order valence-electron chi connectivity index (χ0n) is 15.3. The Bertz CT molecular complexity index is 1090. The highest BCUT2D eigenvalue weighted by Crippen LogP contribution is 2.22. The fraction of sp³-hybridized carbons (Fsp3) is 0.211. The average molecular weight is 398 g/mol. The van der Waals surface area contributed by atoms with Crippen LogP contribution in [0.4, 0.5) is 5.69 Å². The lowest BCUT2D eigenvalue weighted by Gasteiger charge is -2.13. The van der Waals surface area contributed by atoms with Crippen molar-refractivity contribution in [2.45, 2.75) is 25.0 Å². The fourth-order valence-corrected chi connectivity index (χ4v) is 3.48. The van der Waals surface area contributed by atoms with Crippen LogP contribution >= 0.6 is 11.8 Å². The van der Waals surface area contributed by atoms with Crippen molar-refractivity contribution in [1.29, 1.82) is 0 Å². The molecule has 2 aromatic carbocycles. The highest BCUT2D eigenvalue weighted by atomic mass is 32.2. The average Bonchev–Trinajstić information content (AvgIpc) is 2.66. The standard InChI is InChI=1S/C19H18N4O4S/c1-12(2)20-17(24)11-28-19-21-16-6-4-3-5-15(16)18(25)22(19)13-7-9-14(10-8-13)23(26)27/h3-10,12H,11H2,1-2H3,(H,20,24). The molecule has 0 aliphatic carbocycles. The highest BCUT2D eigenvalue weighted by molar-refractivity contribution is 7.99. The molecule has 0 unspecified atom stereocenters. The molecule has 0 radical (unpaired) electrons. The first kappa shape index (κ1) is 19.6. The zero-order chi connectivity index (χ0) is 20.3. The number of nitrogens with one attached hydrogen (secondary N) is 1. The topological polar surface area (TPSA) is 107 Å². The van der Waals surface area contributed by atoms with Gasteiger partial charge in [0.1, 0.15) is 0 Å². The van der Waals surface area contributed by atoms with E-state index in [0.717, 1.165) is 11.8 Å². The number of thioether (sulfide) groups is 1. The lowest BCUT2D eigenvalue weighted by atomic mass is 10.2. The molecule has 0 aliphatic heterocycles. The maximum Gasteiger partial charge on any atom is 0.269 e. The molecule has 0 bridgehead atoms. The minimum atomic E-state index is -0.503. The quantitative estimate of drug-likeness (QED) is 0.296. The number of carbonyl (C=O) groups excluding carboxylic acids is 1. The predicted molar refractivity (Wildman–Crippen MR) is 108 cm³/mol. The summed E-state index contributed by atoms with van der Waals surface area (Å²) in [5.74, 6) is -0.0756. The first-order valence-corrected chi connectivity index (χ1v) is 9.54. The van der Waals surface area contributed by atoms with Crippen molar-refractivity contribution in [3.8, 4) is 5.69 Å². The third-order valence-corrected chi connectivity index (χ3v) is 4.78. The van der Waals surface area contributed by atoms with Crippen molar-refractivity contribution in [3.05, 3.63) is 69.0 Å². The SMILES string of the molecule is CC(C)NC(=O)CSc1nc2ccccc2c(=O)n1-c1ccc([N+](=O)[O-])cc1. The lowest BCUT2D eigenvalue weighted by molar-refractivity contribution is -0.384. The molecule has 0 saturated carbocycles. The summed E-state index contributed by atoms with van der Waals surface area (Å²) in [5, 5.41) is 14.5. The smallest absolute Gasteiger partial charge is 0.269 e. The summed E-state index contributed by atoms with van der Waals surface area (Å²) in [7, 11) is 0. The number of nitro benzene ring substituents is 1. The van der Waals surface area contributed by atoms with E-state index in [0.29, 0.717) is 21.7 Å². The minimum absolute atomic E-state index is 0.00882. The van der Waals surface area contributed by atoms with Crippen LogP contribution in [0.15, 0.2) is 58.5 Å². The molecule has 28 heavy (non-hydrogen) atoms. The summed E-state index contributed by atoms with van der Waals surface area (Å²) in [5.41, 5.74) is 0.598. The van der Waals surface area contributed by atoms with E-state index in [2.05, 4.69) is 10.3 Å². The number of nitrogens with zero attached hydrogens (tertiary/aromatic N) is 3. The number of non-ortho nitro benzene ring substituents is 1. The number of aromatic nitrogens is 2. The van der Waals surface area contributed by atoms with Gasteiger partial charge in [0.25, 0.3) is 11.2 Å². The van der Waals surface area contributed by atoms with Gasteiger partial charge in [0.15, 0.2) is 5.16 Å². The van der Waals surface area contributed by atoms with Gasteiger partial charge in [-0.1, -0.05) is 23.9 Å². The number of amides is 1. The molecule has 144 valence electrons. The van der Waals surface area contributed by atoms with Gasteiger partial charge < -0.3 is 5.32 Å². The summed E-state index contributed by atoms with van der Waals surface area (Å²) < 4.78 is 1.37. The van der Waals surface area contributed by atoms with Crippen molar-refractivity contribution in [2.24, 2.45) is 0 Å². The van der Waals surface area contributed by atoms with E-state index in [1.807, 2.05) is 13.8 Å². The van der Waals surface area contributed by atoms with Crippen molar-refractivity contribution < 1.29 is 9.72 Å². The fourth-order valence-electron chi connectivity index (χ4n) is 2.65. The maximum atomic E-state index is 13.1. The molecule has 0 aliphatic rings. The monoisotopic (exact) mass is 398 g/mol. The largest absolute Gasteiger partial charge is 0.353 e. The van der Waals surface area contributed by atoms with Crippen molar-refractivity contribution in [1.82, 2.24) is 14.9 Å². The molecular formula is C19H18N4O4S. The molecule has 3 aromatic rings. The van der Waals surface area contributed by atoms with Crippen LogP contribution in [0.5, 0.6) is 0 Å². The highest BCUT2D eigenvalue weighted by Gasteiger charge is 2.16. The summed E-state index contributed by atoms with van der Waals surface area (Å²) in [4.78, 5) is 40.0. The number of rotatable bonds is 6. The summed E-state index contributed by atoms with van der Waals surface area (Å²) in [6.07, 6.45) is 0. The number of hydrogen-bond donors (Lipinski definition) is 1. The second kappa shape index (κ2) is 8.22. The van der Waals surface area contributed by atoms with Crippen LogP contribution in [0.1, 0.15) is 13.8 Å². The van der Waals surface area contributed by atoms with Crippen LogP contribution < -0.4 is 10.9 Å². The normalized spacial score (nSPS) is 11.0. The number of carbonyl (C=O) groups is 1. The first-order valence-electron chi connectivity index (χ1n) is 8.55. The molecule has 8 nitrogen and oxygen atoms in total. The number of benzene rings is 2. The van der Waals surface area contributed by atoms with E-state index in [9.17, 15) is 19.7 Å². The zero-order valence-corrected chi connectivity index (χ0v) is 16.1. The Hall–Kier alpha value is -3.20. The molecule has 1 N–H and O–H groups in total. The Morgan fingerprint density at radius 1 is 1.21 bits per heavy atom. The van der Waals surface area contributed by atoms with E-state index in [4.69, 9.17) is 0 Å². The Balaban J connectivity index is 2.07. The number of nitro groups is 1. The Labute approximate surface area is 164 Å². The van der Waals surface area contributed by atoms with E-state index >= 15 is 0 Å². The molecular weight excluding hydrogens is 380 g/mol. The second-order valence-corrected chi connectivity index (χ2v) is 7.28. The van der Waals surface area contributed by atoms with E-state index in [-0.39, 0.29) is 28.9 Å². The molecule has 0 saturated heterocycles. The Morgan fingerprint density at radius 3 is 2.54 bits per heavy atom. The van der Waals surface area contributed by atoms with Crippen molar-refractivity contribution >= 4 is 34.3 Å². The lowest BCUT2D eigenvalue weighted by Crippen LogP contribution is -2.32. The van der Waals surface area contributed by atoms with Gasteiger partial charge in [0.2, 0.25) is 5.91 Å². The maximum absolute atomic E-state index is 13.1. The minimum Gasteiger partial charge on any atom is -0.353 e. The summed E-state index contributed by atoms with van der Waals surface area (Å²) in [6, 6.07) is 12.6. The van der Waals surface area contributed by atoms with Gasteiger partial charge in [-0.15, -0.1) is 0 Å². The van der Waals surface area contributed by atoms with Gasteiger partial charge in [-0.05, 0) is 38.1 Å². The third kappa shape index (κ3) is 4.20. The van der Waals surface area contributed by atoms with Crippen LogP contribution in [-0.2, 0) is 4.79 Å². The van der Waals surface area contributed by atoms with E-state index in [1.165, 1.54) is 28.8 Å². The van der Waals surface area contributed by atoms with Crippen LogP contribution in [-0.4, -0.2) is 32.2 Å². The molecule has 0 atom stereocenters. The Kier molecular flexibility index (Phi) is 5.74. The molecule has 1 amide bonds. The molecule has 9 heteroatoms. The van der Waals surface area contributed by atoms with Gasteiger partial charge in [-0.3, -0.25) is 24.3 Å². The van der Waals surface area contributed by atoms with E-state index in [1.54, 1.807) is 24.3 Å². The first-order chi connectivity index (χ1) is 13.4. The summed E-state index contributed by atoms with van der Waals surface area (Å²) in [6.45, 7) is 3.73. The van der Waals surface area contributed by atoms with Crippen LogP contribution in [0.25, 0.3) is 16.6 Å². The van der Waals surface area contributed by atoms with Gasteiger partial charge >= 0.3 is 0 Å². The van der Waals surface area contributed by atoms with Gasteiger partial charge in [-0.2, -0.15) is 0 Å². The number of fused-ring (bicyclic) bond motifs is 1. The summed E-state index contributed by atoms with van der Waals surface area (Å²) >= 11 is 1.14. The van der Waals surface area contributed by atoms with Crippen LogP contribution in [0, 0.1) is 10.1 Å². The molecule has 0 fully saturated rings. The molecule has 1 aromatic heterocycles. The molecule has 0 spiro atoms. The van der Waals surface area contributed by atoms with Gasteiger partial charge in [-0.25, -0.2) is 4.98 Å². The van der Waals surface area contributed by atoms with Gasteiger partial charge in [0.05, 0.1) is 27.3 Å². The third-order valence-electron chi connectivity index (χ3n) is 3.85. The predicted octanol–water partition coefficient (Wildman–Crippen LogP) is 2.91. The van der Waals surface area contributed by atoms with Crippen molar-refractivity contribution in [3.63, 3.8) is 0 Å². The Morgan fingerprint density at radius 2 is 1.89 bits per heavy atom. The van der Waals surface area contributed by atoms with E-state index < -0.39 is 4.92 Å². The second-order valence-electron chi connectivity index (χ2n) is 6.34. The van der Waals surface area contributed by atoms with Crippen LogP contribution in [0.3, 0.4) is 0 Å². The molecule has 1 heterocycles. The van der Waals surface area contributed by atoms with Crippen LogP contribution in [0.2, 0.25) is 0 Å². The van der Waals surface area contributed by atoms with Gasteiger partial charge in [0, 0.05) is 18.2 Å². The number of hydrogen-bond acceptors (Lipinski definition) is 6. The van der Waals surface area contributed by atoms with Crippen molar-refractivity contribution in [2.75, 3.05) is 5.75 Å².